The van der Waals surface area contributed by atoms with Crippen molar-refractivity contribution < 1.29 is 28.6 Å². The van der Waals surface area contributed by atoms with Gasteiger partial charge in [-0.1, -0.05) is 262 Å². The molecule has 0 aliphatic carbocycles. The van der Waals surface area contributed by atoms with Crippen molar-refractivity contribution in [3.05, 3.63) is 48.6 Å². The Balaban J connectivity index is 3.96. The Hall–Kier alpha value is -2.63. The van der Waals surface area contributed by atoms with Gasteiger partial charge < -0.3 is 14.2 Å². The molecule has 0 saturated heterocycles. The van der Waals surface area contributed by atoms with E-state index in [1.54, 1.807) is 0 Å². The van der Waals surface area contributed by atoms with E-state index < -0.39 is 6.10 Å². The summed E-state index contributed by atoms with van der Waals surface area (Å²) in [7, 11) is 0. The molecule has 1 unspecified atom stereocenters. The second-order valence-corrected chi connectivity index (χ2v) is 18.8. The molecule has 0 N–H and O–H groups in total. The Morgan fingerprint density at radius 3 is 0.938 bits per heavy atom. The quantitative estimate of drug-likeness (QED) is 0.0262. The summed E-state index contributed by atoms with van der Waals surface area (Å²) in [6, 6.07) is 0. The predicted molar refractivity (Wildman–Crippen MR) is 279 cm³/mol. The fraction of sp³-hybridized carbons (Fsp3) is 0.814. The van der Waals surface area contributed by atoms with E-state index in [1.807, 2.05) is 0 Å². The molecular formula is C59H106O6. The molecule has 0 rings (SSSR count). The molecule has 0 fully saturated rings. The molecule has 0 aliphatic heterocycles. The summed E-state index contributed by atoms with van der Waals surface area (Å²) in [6.45, 7) is 6.47. The van der Waals surface area contributed by atoms with Crippen molar-refractivity contribution in [1.29, 1.82) is 0 Å². The lowest BCUT2D eigenvalue weighted by molar-refractivity contribution is -0.167. The molecule has 378 valence electrons. The zero-order chi connectivity index (χ0) is 47.2. The van der Waals surface area contributed by atoms with Crippen LogP contribution in [0.2, 0.25) is 0 Å². The van der Waals surface area contributed by atoms with Crippen molar-refractivity contribution in [2.75, 3.05) is 13.2 Å². The van der Waals surface area contributed by atoms with Gasteiger partial charge in [-0.25, -0.2) is 0 Å². The molecule has 0 bridgehead atoms. The van der Waals surface area contributed by atoms with Crippen molar-refractivity contribution >= 4 is 17.9 Å². The van der Waals surface area contributed by atoms with Crippen LogP contribution in [0.15, 0.2) is 48.6 Å². The lowest BCUT2D eigenvalue weighted by atomic mass is 10.0. The highest BCUT2D eigenvalue weighted by molar-refractivity contribution is 5.71. The van der Waals surface area contributed by atoms with Gasteiger partial charge in [0.15, 0.2) is 6.10 Å². The van der Waals surface area contributed by atoms with E-state index in [4.69, 9.17) is 14.2 Å². The Kier molecular flexibility index (Phi) is 51.8. The fourth-order valence-electron chi connectivity index (χ4n) is 8.14. The van der Waals surface area contributed by atoms with Crippen LogP contribution < -0.4 is 0 Å². The summed E-state index contributed by atoms with van der Waals surface area (Å²) in [4.78, 5) is 37.7. The standard InChI is InChI=1S/C59H106O6/c1-4-7-10-13-15-17-19-21-22-23-24-25-26-27-28-29-30-31-32-33-34-35-36-38-39-41-43-46-49-52-58(61)64-55-56(54-63-57(60)51-48-45-12-9-6-3)65-59(62)53-50-47-44-42-40-37-20-18-16-14-11-8-5-2/h7,10,15,17,21-22,24-25,56H,4-6,8-9,11-14,16,18-20,23,26-55H2,1-3H3/b10-7-,17-15-,22-21-,25-24-. The molecule has 0 heterocycles. The number of unbranched alkanes of at least 4 members (excludes halogenated alkanes) is 32. The average molecular weight is 911 g/mol. The molecule has 1 atom stereocenters. The minimum atomic E-state index is -0.764. The lowest BCUT2D eigenvalue weighted by Gasteiger charge is -2.18. The second-order valence-electron chi connectivity index (χ2n) is 18.8. The number of carbonyl (C=O) groups excluding carboxylic acids is 3. The van der Waals surface area contributed by atoms with E-state index in [0.717, 1.165) is 89.9 Å². The van der Waals surface area contributed by atoms with Gasteiger partial charge >= 0.3 is 17.9 Å². The molecule has 0 amide bonds. The average Bonchev–Trinajstić information content (AvgIpc) is 3.30. The van der Waals surface area contributed by atoms with Crippen LogP contribution in [0.5, 0.6) is 0 Å². The fourth-order valence-corrected chi connectivity index (χ4v) is 8.14. The molecule has 0 radical (unpaired) electrons. The van der Waals surface area contributed by atoms with Crippen LogP contribution in [0, 0.1) is 0 Å². The molecule has 65 heavy (non-hydrogen) atoms. The number of esters is 3. The van der Waals surface area contributed by atoms with Crippen LogP contribution in [0.25, 0.3) is 0 Å². The van der Waals surface area contributed by atoms with Gasteiger partial charge in [0.05, 0.1) is 0 Å². The molecule has 0 aromatic rings. The summed E-state index contributed by atoms with van der Waals surface area (Å²) < 4.78 is 16.7. The van der Waals surface area contributed by atoms with Gasteiger partial charge in [-0.3, -0.25) is 14.4 Å². The van der Waals surface area contributed by atoms with Crippen molar-refractivity contribution in [2.24, 2.45) is 0 Å². The molecule has 0 saturated carbocycles. The SMILES string of the molecule is CC/C=C\C/C=C\C/C=C\C/C=C\CCCCCCCCCCCCCCCCCCC(=O)OCC(COC(=O)CCCCCCC)OC(=O)CCCCCCCCCCCCCCC. The Morgan fingerprint density at radius 2 is 0.600 bits per heavy atom. The highest BCUT2D eigenvalue weighted by Gasteiger charge is 2.19. The van der Waals surface area contributed by atoms with Gasteiger partial charge in [-0.15, -0.1) is 0 Å². The van der Waals surface area contributed by atoms with Crippen LogP contribution in [-0.4, -0.2) is 37.2 Å². The van der Waals surface area contributed by atoms with E-state index in [9.17, 15) is 14.4 Å². The van der Waals surface area contributed by atoms with E-state index >= 15 is 0 Å². The first-order chi connectivity index (χ1) is 32.0. The number of hydrogen-bond donors (Lipinski definition) is 0. The normalized spacial score (nSPS) is 12.4. The van der Waals surface area contributed by atoms with Crippen LogP contribution in [-0.2, 0) is 28.6 Å². The lowest BCUT2D eigenvalue weighted by Crippen LogP contribution is -2.30. The highest BCUT2D eigenvalue weighted by atomic mass is 16.6. The Morgan fingerprint density at radius 1 is 0.323 bits per heavy atom. The third kappa shape index (κ3) is 52.2. The number of allylic oxidation sites excluding steroid dienone is 8. The van der Waals surface area contributed by atoms with Crippen molar-refractivity contribution in [2.45, 2.75) is 297 Å². The van der Waals surface area contributed by atoms with Crippen molar-refractivity contribution in [3.63, 3.8) is 0 Å². The highest BCUT2D eigenvalue weighted by Crippen LogP contribution is 2.17. The van der Waals surface area contributed by atoms with Crippen LogP contribution >= 0.6 is 0 Å². The number of ether oxygens (including phenoxy) is 3. The molecular weight excluding hydrogens is 805 g/mol. The molecule has 0 aliphatic rings. The largest absolute Gasteiger partial charge is 0.462 e. The van der Waals surface area contributed by atoms with Crippen LogP contribution in [0.4, 0.5) is 0 Å². The molecule has 6 nitrogen and oxygen atoms in total. The maximum absolute atomic E-state index is 12.7. The molecule has 6 heteroatoms. The predicted octanol–water partition coefficient (Wildman–Crippen LogP) is 18.7. The molecule has 0 aromatic carbocycles. The van der Waals surface area contributed by atoms with Crippen LogP contribution in [0.1, 0.15) is 290 Å². The number of rotatable bonds is 51. The molecule has 0 aromatic heterocycles. The maximum Gasteiger partial charge on any atom is 0.306 e. The zero-order valence-corrected chi connectivity index (χ0v) is 43.3. The first-order valence-corrected chi connectivity index (χ1v) is 28.1. The monoisotopic (exact) mass is 911 g/mol. The summed E-state index contributed by atoms with van der Waals surface area (Å²) >= 11 is 0. The summed E-state index contributed by atoms with van der Waals surface area (Å²) in [5, 5.41) is 0. The minimum Gasteiger partial charge on any atom is -0.462 e. The van der Waals surface area contributed by atoms with Gasteiger partial charge in [0.1, 0.15) is 13.2 Å². The number of carbonyl (C=O) groups is 3. The third-order valence-corrected chi connectivity index (χ3v) is 12.3. The first-order valence-electron chi connectivity index (χ1n) is 28.1. The van der Waals surface area contributed by atoms with Gasteiger partial charge in [0.2, 0.25) is 0 Å². The third-order valence-electron chi connectivity index (χ3n) is 12.3. The smallest absolute Gasteiger partial charge is 0.306 e. The van der Waals surface area contributed by atoms with Crippen LogP contribution in [0.3, 0.4) is 0 Å². The summed E-state index contributed by atoms with van der Waals surface area (Å²) in [5.41, 5.74) is 0. The van der Waals surface area contributed by atoms with Gasteiger partial charge in [-0.05, 0) is 57.8 Å². The zero-order valence-electron chi connectivity index (χ0n) is 43.3. The second kappa shape index (κ2) is 54.0. The van der Waals surface area contributed by atoms with Gasteiger partial charge in [0, 0.05) is 19.3 Å². The Bertz CT molecular complexity index is 1140. The van der Waals surface area contributed by atoms with E-state index in [2.05, 4.69) is 69.4 Å². The topological polar surface area (TPSA) is 78.9 Å². The summed E-state index contributed by atoms with van der Waals surface area (Å²) in [6.07, 6.45) is 65.9. The van der Waals surface area contributed by atoms with E-state index in [1.165, 1.54) is 161 Å². The van der Waals surface area contributed by atoms with Crippen molar-refractivity contribution in [3.8, 4) is 0 Å². The van der Waals surface area contributed by atoms with Crippen molar-refractivity contribution in [1.82, 2.24) is 0 Å². The van der Waals surface area contributed by atoms with Gasteiger partial charge in [0.25, 0.3) is 0 Å². The van der Waals surface area contributed by atoms with E-state index in [0.29, 0.717) is 19.3 Å². The van der Waals surface area contributed by atoms with E-state index in [-0.39, 0.29) is 31.1 Å². The van der Waals surface area contributed by atoms with Gasteiger partial charge in [-0.2, -0.15) is 0 Å². The molecule has 0 spiro atoms. The minimum absolute atomic E-state index is 0.0687. The number of hydrogen-bond acceptors (Lipinski definition) is 6. The Labute approximate surface area is 403 Å². The first kappa shape index (κ1) is 62.4. The summed E-state index contributed by atoms with van der Waals surface area (Å²) in [5.74, 6) is -0.870. The maximum atomic E-state index is 12.7.